The Morgan fingerprint density at radius 2 is 2.00 bits per heavy atom. The fraction of sp³-hybridized carbons (Fsp3) is 0.188. The molecule has 23 heavy (non-hydrogen) atoms. The van der Waals surface area contributed by atoms with Crippen molar-refractivity contribution in [3.8, 4) is 0 Å². The van der Waals surface area contributed by atoms with E-state index in [1.165, 1.54) is 12.1 Å². The second-order valence-electron chi connectivity index (χ2n) is 5.00. The third-order valence-electron chi connectivity index (χ3n) is 3.50. The maximum Gasteiger partial charge on any atom is 0.323 e. The second-order valence-corrected chi connectivity index (χ2v) is 7.00. The van der Waals surface area contributed by atoms with Crippen molar-refractivity contribution < 1.29 is 9.18 Å². The van der Waals surface area contributed by atoms with Crippen molar-refractivity contribution in [1.82, 2.24) is 4.90 Å². The number of anilines is 1. The number of carbonyl (C=O) groups excluding carboxylic acids is 1. The van der Waals surface area contributed by atoms with E-state index in [1.54, 1.807) is 40.9 Å². The van der Waals surface area contributed by atoms with Gasteiger partial charge < -0.3 is 10.2 Å². The van der Waals surface area contributed by atoms with E-state index in [-0.39, 0.29) is 17.1 Å². The minimum absolute atomic E-state index is 0.169. The minimum atomic E-state index is -0.459. The molecule has 2 amide bonds. The van der Waals surface area contributed by atoms with Gasteiger partial charge in [0, 0.05) is 12.3 Å². The van der Waals surface area contributed by atoms with Crippen LogP contribution in [0.2, 0.25) is 10.0 Å². The van der Waals surface area contributed by atoms with Crippen molar-refractivity contribution in [3.63, 3.8) is 0 Å². The van der Waals surface area contributed by atoms with Gasteiger partial charge in [-0.15, -0.1) is 11.8 Å². The van der Waals surface area contributed by atoms with Crippen LogP contribution in [0.15, 0.2) is 42.5 Å². The van der Waals surface area contributed by atoms with Crippen LogP contribution in [0.3, 0.4) is 0 Å². The van der Waals surface area contributed by atoms with E-state index in [0.717, 1.165) is 11.3 Å². The molecule has 0 saturated carbocycles. The molecule has 1 saturated heterocycles. The van der Waals surface area contributed by atoms with Crippen molar-refractivity contribution in [2.75, 3.05) is 17.6 Å². The van der Waals surface area contributed by atoms with Crippen molar-refractivity contribution in [2.24, 2.45) is 0 Å². The number of carbonyl (C=O) groups is 1. The number of benzene rings is 2. The zero-order valence-corrected chi connectivity index (χ0v) is 14.3. The third-order valence-corrected chi connectivity index (χ3v) is 5.50. The summed E-state index contributed by atoms with van der Waals surface area (Å²) in [5.41, 5.74) is 1.06. The van der Waals surface area contributed by atoms with Crippen molar-refractivity contribution >= 4 is 46.7 Å². The SMILES string of the molecule is O=C(Nc1ccccc1F)N1CCSC1c1ccc(Cl)c(Cl)c1. The Balaban J connectivity index is 1.79. The highest BCUT2D eigenvalue weighted by Crippen LogP contribution is 2.40. The predicted octanol–water partition coefficient (Wildman–Crippen LogP) is 5.41. The van der Waals surface area contributed by atoms with Gasteiger partial charge in [0.1, 0.15) is 11.2 Å². The summed E-state index contributed by atoms with van der Waals surface area (Å²) in [7, 11) is 0. The summed E-state index contributed by atoms with van der Waals surface area (Å²) in [6.45, 7) is 0.579. The number of nitrogens with zero attached hydrogens (tertiary/aromatic N) is 1. The minimum Gasteiger partial charge on any atom is -0.308 e. The molecule has 0 spiro atoms. The molecule has 0 radical (unpaired) electrons. The Labute approximate surface area is 147 Å². The Hall–Kier alpha value is -1.43. The number of para-hydroxylation sites is 1. The molecule has 0 aliphatic carbocycles. The van der Waals surface area contributed by atoms with Crippen LogP contribution in [0.5, 0.6) is 0 Å². The van der Waals surface area contributed by atoms with Crippen LogP contribution >= 0.6 is 35.0 Å². The van der Waals surface area contributed by atoms with Crippen molar-refractivity contribution in [2.45, 2.75) is 5.37 Å². The molecular weight excluding hydrogens is 358 g/mol. The van der Waals surface area contributed by atoms with E-state index in [1.807, 2.05) is 6.07 Å². The topological polar surface area (TPSA) is 32.3 Å². The lowest BCUT2D eigenvalue weighted by molar-refractivity contribution is 0.214. The van der Waals surface area contributed by atoms with Crippen molar-refractivity contribution in [3.05, 3.63) is 63.9 Å². The van der Waals surface area contributed by atoms with Gasteiger partial charge in [-0.2, -0.15) is 0 Å². The molecule has 3 nitrogen and oxygen atoms in total. The molecule has 1 aliphatic rings. The van der Waals surface area contributed by atoms with Gasteiger partial charge in [-0.3, -0.25) is 0 Å². The number of halogens is 3. The largest absolute Gasteiger partial charge is 0.323 e. The first-order valence-corrected chi connectivity index (χ1v) is 8.75. The summed E-state index contributed by atoms with van der Waals surface area (Å²) in [6, 6.07) is 11.1. The first kappa shape index (κ1) is 16.4. The third kappa shape index (κ3) is 3.57. The lowest BCUT2D eigenvalue weighted by Gasteiger charge is -2.24. The van der Waals surface area contributed by atoms with E-state index in [9.17, 15) is 9.18 Å². The Kier molecular flexibility index (Phi) is 4.99. The summed E-state index contributed by atoms with van der Waals surface area (Å²) >= 11 is 13.6. The van der Waals surface area contributed by atoms with Crippen LogP contribution in [-0.4, -0.2) is 23.2 Å². The highest BCUT2D eigenvalue weighted by Gasteiger charge is 2.31. The Bertz CT molecular complexity index is 744. The molecule has 1 aliphatic heterocycles. The van der Waals surface area contributed by atoms with Gasteiger partial charge in [-0.05, 0) is 29.8 Å². The number of urea groups is 1. The molecule has 2 aromatic carbocycles. The van der Waals surface area contributed by atoms with E-state index < -0.39 is 5.82 Å². The lowest BCUT2D eigenvalue weighted by Crippen LogP contribution is -2.34. The van der Waals surface area contributed by atoms with Crippen LogP contribution in [0.1, 0.15) is 10.9 Å². The van der Waals surface area contributed by atoms with E-state index >= 15 is 0 Å². The second kappa shape index (κ2) is 6.99. The van der Waals surface area contributed by atoms with Gasteiger partial charge in [0.25, 0.3) is 0 Å². The normalized spacial score (nSPS) is 17.3. The summed E-state index contributed by atoms with van der Waals surface area (Å²) in [6.07, 6.45) is 0. The molecule has 7 heteroatoms. The summed E-state index contributed by atoms with van der Waals surface area (Å²) in [5, 5.41) is 3.37. The van der Waals surface area contributed by atoms with E-state index in [2.05, 4.69) is 5.32 Å². The molecule has 0 bridgehead atoms. The number of amides is 2. The molecule has 0 aromatic heterocycles. The zero-order valence-electron chi connectivity index (χ0n) is 11.9. The number of hydrogen-bond donors (Lipinski definition) is 1. The molecule has 3 rings (SSSR count). The smallest absolute Gasteiger partial charge is 0.308 e. The molecule has 1 N–H and O–H groups in total. The Morgan fingerprint density at radius 1 is 1.22 bits per heavy atom. The van der Waals surface area contributed by atoms with Crippen LogP contribution in [-0.2, 0) is 0 Å². The van der Waals surface area contributed by atoms with Crippen LogP contribution in [0, 0.1) is 5.82 Å². The fourth-order valence-electron chi connectivity index (χ4n) is 2.37. The predicted molar refractivity (Wildman–Crippen MR) is 93.8 cm³/mol. The van der Waals surface area contributed by atoms with E-state index in [4.69, 9.17) is 23.2 Å². The average molecular weight is 371 g/mol. The van der Waals surface area contributed by atoms with Crippen LogP contribution < -0.4 is 5.32 Å². The first-order chi connectivity index (χ1) is 11.1. The summed E-state index contributed by atoms with van der Waals surface area (Å²) in [4.78, 5) is 14.1. The number of nitrogens with one attached hydrogen (secondary N) is 1. The molecule has 1 fully saturated rings. The van der Waals surface area contributed by atoms with Crippen molar-refractivity contribution in [1.29, 1.82) is 0 Å². The number of thioether (sulfide) groups is 1. The maximum atomic E-state index is 13.7. The number of hydrogen-bond acceptors (Lipinski definition) is 2. The van der Waals surface area contributed by atoms with Gasteiger partial charge >= 0.3 is 6.03 Å². The quantitative estimate of drug-likeness (QED) is 0.765. The highest BCUT2D eigenvalue weighted by atomic mass is 35.5. The molecule has 120 valence electrons. The highest BCUT2D eigenvalue weighted by molar-refractivity contribution is 7.99. The monoisotopic (exact) mass is 370 g/mol. The van der Waals surface area contributed by atoms with Gasteiger partial charge in [0.05, 0.1) is 15.7 Å². The van der Waals surface area contributed by atoms with Gasteiger partial charge in [-0.25, -0.2) is 9.18 Å². The Morgan fingerprint density at radius 3 is 2.74 bits per heavy atom. The van der Waals surface area contributed by atoms with Crippen LogP contribution in [0.25, 0.3) is 0 Å². The zero-order chi connectivity index (χ0) is 16.4. The standard InChI is InChI=1S/C16H13Cl2FN2OS/c17-11-6-5-10(9-12(11)18)15-21(7-8-23-15)16(22)20-14-4-2-1-3-13(14)19/h1-6,9,15H,7-8H2,(H,20,22). The molecular formula is C16H13Cl2FN2OS. The van der Waals surface area contributed by atoms with Gasteiger partial charge in [-0.1, -0.05) is 41.4 Å². The molecule has 1 heterocycles. The van der Waals surface area contributed by atoms with E-state index in [0.29, 0.717) is 16.6 Å². The van der Waals surface area contributed by atoms with Crippen LogP contribution in [0.4, 0.5) is 14.9 Å². The molecule has 2 aromatic rings. The lowest BCUT2D eigenvalue weighted by atomic mass is 10.2. The maximum absolute atomic E-state index is 13.7. The molecule has 1 unspecified atom stereocenters. The number of rotatable bonds is 2. The fourth-order valence-corrected chi connectivity index (χ4v) is 3.92. The average Bonchev–Trinajstić information content (AvgIpc) is 3.02. The first-order valence-electron chi connectivity index (χ1n) is 6.95. The van der Waals surface area contributed by atoms with Gasteiger partial charge in [0.2, 0.25) is 0 Å². The summed E-state index contributed by atoms with van der Waals surface area (Å²) in [5.74, 6) is 0.342. The summed E-state index contributed by atoms with van der Waals surface area (Å²) < 4.78 is 13.7. The molecule has 1 atom stereocenters. The van der Waals surface area contributed by atoms with Gasteiger partial charge in [0.15, 0.2) is 0 Å².